The monoisotopic (exact) mass is 587 g/mol. The number of thioether (sulfide) groups is 1. The second kappa shape index (κ2) is 16.3. The topological polar surface area (TPSA) is 146 Å². The average Bonchev–Trinajstić information content (AvgIpc) is 3.43. The number of nitrogens with one attached hydrogen (secondary N) is 5. The van der Waals surface area contributed by atoms with Crippen LogP contribution < -0.4 is 26.6 Å². The molecule has 2 fully saturated rings. The Labute approximate surface area is 241 Å². The van der Waals surface area contributed by atoms with Gasteiger partial charge in [-0.15, -0.1) is 11.6 Å². The molecule has 0 spiro atoms. The van der Waals surface area contributed by atoms with Crippen molar-refractivity contribution in [1.82, 2.24) is 26.6 Å². The Morgan fingerprint density at radius 1 is 1.13 bits per heavy atom. The third-order valence-corrected chi connectivity index (χ3v) is 9.29. The van der Waals surface area contributed by atoms with E-state index in [4.69, 9.17) is 11.6 Å². The molecule has 10 nitrogen and oxygen atoms in total. The summed E-state index contributed by atoms with van der Waals surface area (Å²) in [4.78, 5) is 60.6. The van der Waals surface area contributed by atoms with E-state index in [2.05, 4.69) is 26.6 Å². The number of aldehydes is 1. The first kappa shape index (κ1) is 33.2. The lowest BCUT2D eigenvalue weighted by Crippen LogP contribution is -2.53. The number of hydrogen-bond acceptors (Lipinski definition) is 6. The van der Waals surface area contributed by atoms with Crippen LogP contribution in [0.3, 0.4) is 0 Å². The quantitative estimate of drug-likeness (QED) is 0.0721. The van der Waals surface area contributed by atoms with Crippen molar-refractivity contribution in [2.45, 2.75) is 108 Å². The van der Waals surface area contributed by atoms with Crippen LogP contribution in [0.25, 0.3) is 0 Å². The second-order valence-electron chi connectivity index (χ2n) is 11.6. The van der Waals surface area contributed by atoms with E-state index in [1.54, 1.807) is 13.8 Å². The van der Waals surface area contributed by atoms with Crippen molar-refractivity contribution in [1.29, 1.82) is 0 Å². The van der Waals surface area contributed by atoms with Gasteiger partial charge in [0.1, 0.15) is 12.3 Å². The van der Waals surface area contributed by atoms with E-state index in [0.29, 0.717) is 50.2 Å². The lowest BCUT2D eigenvalue weighted by molar-refractivity contribution is -0.134. The fourth-order valence-corrected chi connectivity index (χ4v) is 6.32. The smallest absolute Gasteiger partial charge is 0.315 e. The number of unbranched alkanes of at least 4 members (excludes halogenated alkanes) is 2. The maximum Gasteiger partial charge on any atom is 0.315 e. The van der Waals surface area contributed by atoms with Crippen molar-refractivity contribution >= 4 is 53.4 Å². The molecule has 2 saturated heterocycles. The van der Waals surface area contributed by atoms with E-state index >= 15 is 0 Å². The highest BCUT2D eigenvalue weighted by Crippen LogP contribution is 2.33. The molecule has 0 unspecified atom stereocenters. The minimum absolute atomic E-state index is 0.00941. The number of amides is 5. The molecule has 12 heteroatoms. The molecular formula is C27H46ClN5O5S. The summed E-state index contributed by atoms with van der Waals surface area (Å²) in [5, 5.41) is 14.8. The number of carbonyl (C=O) groups excluding carboxylic acids is 5. The van der Waals surface area contributed by atoms with Crippen LogP contribution in [-0.2, 0) is 19.2 Å². The first-order chi connectivity index (χ1) is 18.5. The Balaban J connectivity index is 1.61. The van der Waals surface area contributed by atoms with Crippen LogP contribution in [0.2, 0.25) is 0 Å². The molecule has 2 aliphatic heterocycles. The third kappa shape index (κ3) is 11.2. The highest BCUT2D eigenvalue weighted by Gasteiger charge is 2.42. The third-order valence-electron chi connectivity index (χ3n) is 7.11. The predicted molar refractivity (Wildman–Crippen MR) is 155 cm³/mol. The van der Waals surface area contributed by atoms with Gasteiger partial charge in [-0.1, -0.05) is 20.3 Å². The van der Waals surface area contributed by atoms with Crippen molar-refractivity contribution in [2.75, 3.05) is 18.2 Å². The van der Waals surface area contributed by atoms with Crippen LogP contribution in [0, 0.1) is 11.3 Å². The number of urea groups is 1. The number of carbonyl (C=O) groups is 5. The van der Waals surface area contributed by atoms with Crippen molar-refractivity contribution < 1.29 is 24.0 Å². The van der Waals surface area contributed by atoms with E-state index in [0.717, 1.165) is 25.0 Å². The summed E-state index contributed by atoms with van der Waals surface area (Å²) in [5.41, 5.74) is -0.809. The molecule has 5 atom stereocenters. The Morgan fingerprint density at radius 3 is 2.54 bits per heavy atom. The molecule has 0 radical (unpaired) electrons. The Hall–Kier alpha value is -2.01. The van der Waals surface area contributed by atoms with Crippen LogP contribution in [0.5, 0.6) is 0 Å². The zero-order valence-electron chi connectivity index (χ0n) is 23.6. The minimum atomic E-state index is -0.809. The molecule has 0 aromatic rings. The van der Waals surface area contributed by atoms with Gasteiger partial charge in [-0.2, -0.15) is 11.8 Å². The number of hydrogen-bond donors (Lipinski definition) is 5. The van der Waals surface area contributed by atoms with Crippen molar-refractivity contribution in [2.24, 2.45) is 11.3 Å². The SMILES string of the molecule is CC(C)C[C@H](NC(=O)C(C)(C)CCl)C(=O)N[C@H](C=O)CCCCNC(=O)CCCC[C@@H]1SC[C@@H]2NC(=O)N[C@@H]21. The molecule has 5 amide bonds. The summed E-state index contributed by atoms with van der Waals surface area (Å²) < 4.78 is 0. The van der Waals surface area contributed by atoms with Gasteiger partial charge in [-0.05, 0) is 58.3 Å². The number of alkyl halides is 1. The minimum Gasteiger partial charge on any atom is -0.356 e. The van der Waals surface area contributed by atoms with Crippen molar-refractivity contribution in [3.8, 4) is 0 Å². The number of halogens is 1. The Bertz CT molecular complexity index is 858. The molecule has 222 valence electrons. The average molecular weight is 588 g/mol. The Morgan fingerprint density at radius 2 is 1.87 bits per heavy atom. The summed E-state index contributed by atoms with van der Waals surface area (Å²) in [6.45, 7) is 7.86. The van der Waals surface area contributed by atoms with Gasteiger partial charge in [-0.3, -0.25) is 14.4 Å². The summed E-state index contributed by atoms with van der Waals surface area (Å²) in [5.74, 6) is 0.551. The highest BCUT2D eigenvalue weighted by molar-refractivity contribution is 8.00. The summed E-state index contributed by atoms with van der Waals surface area (Å²) in [6, 6.07) is -1.07. The number of rotatable bonds is 18. The van der Waals surface area contributed by atoms with E-state index < -0.39 is 17.5 Å². The van der Waals surface area contributed by atoms with Crippen LogP contribution >= 0.6 is 23.4 Å². The van der Waals surface area contributed by atoms with Gasteiger partial charge in [0.2, 0.25) is 17.7 Å². The van der Waals surface area contributed by atoms with E-state index in [1.165, 1.54) is 0 Å². The van der Waals surface area contributed by atoms with Gasteiger partial charge < -0.3 is 31.4 Å². The largest absolute Gasteiger partial charge is 0.356 e. The van der Waals surface area contributed by atoms with Gasteiger partial charge >= 0.3 is 6.03 Å². The van der Waals surface area contributed by atoms with E-state index in [9.17, 15) is 24.0 Å². The van der Waals surface area contributed by atoms with E-state index in [1.807, 2.05) is 25.6 Å². The van der Waals surface area contributed by atoms with Crippen LogP contribution in [0.1, 0.15) is 79.1 Å². The molecule has 0 aromatic carbocycles. The lowest BCUT2D eigenvalue weighted by Gasteiger charge is -2.27. The fraction of sp³-hybridized carbons (Fsp3) is 0.815. The maximum atomic E-state index is 12.9. The van der Waals surface area contributed by atoms with Crippen LogP contribution in [0.15, 0.2) is 0 Å². The van der Waals surface area contributed by atoms with Crippen LogP contribution in [-0.4, -0.2) is 77.6 Å². The van der Waals surface area contributed by atoms with Gasteiger partial charge in [0, 0.05) is 29.8 Å². The summed E-state index contributed by atoms with van der Waals surface area (Å²) in [6.07, 6.45) is 6.14. The number of fused-ring (bicyclic) bond motifs is 1. The molecule has 0 aromatic heterocycles. The Kier molecular flexibility index (Phi) is 13.9. The molecule has 5 N–H and O–H groups in total. The molecule has 0 bridgehead atoms. The summed E-state index contributed by atoms with van der Waals surface area (Å²) >= 11 is 7.77. The normalized spacial score (nSPS) is 21.9. The van der Waals surface area contributed by atoms with Crippen molar-refractivity contribution in [3.05, 3.63) is 0 Å². The standard InChI is InChI=1S/C27H46ClN5O5S/c1-17(2)13-19(31-25(37)27(3,4)16-28)24(36)30-18(14-34)9-7-8-12-29-22(35)11-6-5-10-21-23-20(15-39-21)32-26(38)33-23/h14,17-21,23H,5-13,15-16H2,1-4H3,(H,29,35)(H,30,36)(H,31,37)(H2,32,33,38)/t18-,19-,20-,21-,23-/m0/s1. The predicted octanol–water partition coefficient (Wildman–Crippen LogP) is 2.48. The fourth-order valence-electron chi connectivity index (χ4n) is 4.65. The first-order valence-corrected chi connectivity index (χ1v) is 15.6. The molecule has 2 heterocycles. The highest BCUT2D eigenvalue weighted by atomic mass is 35.5. The van der Waals surface area contributed by atoms with Crippen LogP contribution in [0.4, 0.5) is 4.79 Å². The van der Waals surface area contributed by atoms with E-state index in [-0.39, 0.29) is 47.6 Å². The first-order valence-electron chi connectivity index (χ1n) is 14.0. The second-order valence-corrected chi connectivity index (χ2v) is 13.2. The molecule has 0 saturated carbocycles. The molecule has 2 aliphatic rings. The van der Waals surface area contributed by atoms with Gasteiger partial charge in [0.05, 0.1) is 23.5 Å². The zero-order valence-corrected chi connectivity index (χ0v) is 25.2. The zero-order chi connectivity index (χ0) is 29.0. The van der Waals surface area contributed by atoms with Crippen molar-refractivity contribution in [3.63, 3.8) is 0 Å². The van der Waals surface area contributed by atoms with Gasteiger partial charge in [-0.25, -0.2) is 4.79 Å². The van der Waals surface area contributed by atoms with Gasteiger partial charge in [0.15, 0.2) is 0 Å². The summed E-state index contributed by atoms with van der Waals surface area (Å²) in [7, 11) is 0. The molecule has 39 heavy (non-hydrogen) atoms. The molecule has 2 rings (SSSR count). The maximum absolute atomic E-state index is 12.9. The lowest BCUT2D eigenvalue weighted by atomic mass is 9.93. The molecule has 0 aliphatic carbocycles. The van der Waals surface area contributed by atoms with Gasteiger partial charge in [0.25, 0.3) is 0 Å². The molecular weight excluding hydrogens is 542 g/mol.